The second-order valence-electron chi connectivity index (χ2n) is 9.30. The van der Waals surface area contributed by atoms with E-state index in [9.17, 15) is 5.11 Å². The average Bonchev–Trinajstić information content (AvgIpc) is 2.86. The first kappa shape index (κ1) is 31.9. The number of aliphatic hydroxyl groups excluding tert-OH is 2. The third kappa shape index (κ3) is 12.8. The van der Waals surface area contributed by atoms with Gasteiger partial charge in [0.15, 0.2) is 0 Å². The van der Waals surface area contributed by atoms with Crippen LogP contribution in [0.2, 0.25) is 0 Å². The Kier molecular flexibility index (Phi) is 15.8. The smallest absolute Gasteiger partial charge is 0.123 e. The molecule has 0 spiro atoms. The van der Waals surface area contributed by atoms with Gasteiger partial charge in [-0.2, -0.15) is 0 Å². The number of hydrogen-bond acceptors (Lipinski definition) is 4. The summed E-state index contributed by atoms with van der Waals surface area (Å²) in [5.74, 6) is 0.267. The molecule has 1 unspecified atom stereocenters. The van der Waals surface area contributed by atoms with Crippen LogP contribution in [0.3, 0.4) is 0 Å². The number of hydrogen-bond donors (Lipinski definition) is 4. The fourth-order valence-electron chi connectivity index (χ4n) is 2.93. The van der Waals surface area contributed by atoms with E-state index in [1.54, 1.807) is 6.92 Å². The standard InChI is InChI=1S/C27H37NO.C4H9NO/c1-8-11-16-22(10-3)19-25(23-17-13-12-14-18-23)28-20-24(15-9-2)26(29)21(4)27(5,6)7;1-4(2-5)3-6/h8-18,25,28-29H,3-4,19-20H2,1-2,5-7H3;3,6H,2,5H2,1H3/b11-8-,15-9-,22-16+,26-24-;4-3-. The summed E-state index contributed by atoms with van der Waals surface area (Å²) in [5, 5.41) is 22.5. The first-order valence-electron chi connectivity index (χ1n) is 12.0. The Balaban J connectivity index is 0.00000170. The lowest BCUT2D eigenvalue weighted by Gasteiger charge is -2.24. The third-order valence-corrected chi connectivity index (χ3v) is 5.35. The maximum absolute atomic E-state index is 10.8. The fourth-order valence-corrected chi connectivity index (χ4v) is 2.93. The van der Waals surface area contributed by atoms with E-state index in [4.69, 9.17) is 10.8 Å². The predicted octanol–water partition coefficient (Wildman–Crippen LogP) is 7.79. The van der Waals surface area contributed by atoms with Crippen molar-refractivity contribution in [3.63, 3.8) is 0 Å². The first-order valence-corrected chi connectivity index (χ1v) is 12.0. The van der Waals surface area contributed by atoms with Crippen LogP contribution >= 0.6 is 0 Å². The highest BCUT2D eigenvalue weighted by molar-refractivity contribution is 5.38. The largest absolute Gasteiger partial charge is 0.516 e. The minimum Gasteiger partial charge on any atom is -0.516 e. The molecule has 0 amide bonds. The number of nitrogens with two attached hydrogens (primary N) is 1. The lowest BCUT2D eigenvalue weighted by atomic mass is 9.85. The van der Waals surface area contributed by atoms with Gasteiger partial charge in [0, 0.05) is 24.7 Å². The van der Waals surface area contributed by atoms with E-state index in [1.165, 1.54) is 5.56 Å². The van der Waals surface area contributed by atoms with Crippen LogP contribution in [-0.2, 0) is 0 Å². The Morgan fingerprint density at radius 2 is 1.77 bits per heavy atom. The maximum atomic E-state index is 10.8. The molecule has 1 aromatic rings. The van der Waals surface area contributed by atoms with Crippen molar-refractivity contribution in [3.05, 3.63) is 120 Å². The van der Waals surface area contributed by atoms with E-state index in [0.29, 0.717) is 13.1 Å². The molecule has 0 aromatic heterocycles. The van der Waals surface area contributed by atoms with Crippen molar-refractivity contribution in [3.8, 4) is 0 Å². The normalized spacial score (nSPS) is 14.4. The van der Waals surface area contributed by atoms with Gasteiger partial charge < -0.3 is 21.3 Å². The maximum Gasteiger partial charge on any atom is 0.123 e. The summed E-state index contributed by atoms with van der Waals surface area (Å²) in [7, 11) is 0. The van der Waals surface area contributed by atoms with Crippen LogP contribution in [0.1, 0.15) is 59.6 Å². The van der Waals surface area contributed by atoms with Gasteiger partial charge in [-0.1, -0.05) is 101 Å². The molecule has 0 fully saturated rings. The molecule has 0 aliphatic heterocycles. The Bertz CT molecular complexity index is 926. The van der Waals surface area contributed by atoms with Gasteiger partial charge in [-0.3, -0.25) is 0 Å². The van der Waals surface area contributed by atoms with Crippen LogP contribution in [0, 0.1) is 5.41 Å². The van der Waals surface area contributed by atoms with E-state index < -0.39 is 0 Å². The van der Waals surface area contributed by atoms with E-state index >= 15 is 0 Å². The van der Waals surface area contributed by atoms with Gasteiger partial charge >= 0.3 is 0 Å². The van der Waals surface area contributed by atoms with Crippen LogP contribution in [0.25, 0.3) is 0 Å². The summed E-state index contributed by atoms with van der Waals surface area (Å²) in [6.07, 6.45) is 13.8. The van der Waals surface area contributed by atoms with E-state index in [0.717, 1.165) is 35.0 Å². The molecule has 0 aliphatic rings. The van der Waals surface area contributed by atoms with Gasteiger partial charge in [-0.25, -0.2) is 0 Å². The zero-order chi connectivity index (χ0) is 26.9. The summed E-state index contributed by atoms with van der Waals surface area (Å²) < 4.78 is 0. The second kappa shape index (κ2) is 17.4. The Morgan fingerprint density at radius 1 is 1.14 bits per heavy atom. The molecule has 4 heteroatoms. The number of rotatable bonds is 11. The highest BCUT2D eigenvalue weighted by atomic mass is 16.3. The van der Waals surface area contributed by atoms with Crippen molar-refractivity contribution in [2.24, 2.45) is 11.1 Å². The van der Waals surface area contributed by atoms with Crippen LogP contribution in [0.5, 0.6) is 0 Å². The molecule has 4 nitrogen and oxygen atoms in total. The minimum atomic E-state index is -0.193. The van der Waals surface area contributed by atoms with Crippen LogP contribution in [-0.4, -0.2) is 23.3 Å². The monoisotopic (exact) mass is 478 g/mol. The Labute approximate surface area is 213 Å². The van der Waals surface area contributed by atoms with Crippen molar-refractivity contribution in [1.29, 1.82) is 0 Å². The van der Waals surface area contributed by atoms with E-state index in [2.05, 4.69) is 69.6 Å². The van der Waals surface area contributed by atoms with Gasteiger partial charge in [-0.05, 0) is 54.9 Å². The SMILES string of the molecule is C/C(=C/O)CN.C=C/C(=C\C=C/C)CC(NCC(/C=C\C)=C(\O)C(=C)C(C)(C)C)c1ccccc1. The lowest BCUT2D eigenvalue weighted by molar-refractivity contribution is 0.373. The van der Waals surface area contributed by atoms with Gasteiger partial charge in [0.05, 0.1) is 6.26 Å². The van der Waals surface area contributed by atoms with Crippen LogP contribution in [0.15, 0.2) is 114 Å². The number of allylic oxidation sites excluding steroid dienone is 6. The molecule has 5 N–H and O–H groups in total. The summed E-state index contributed by atoms with van der Waals surface area (Å²) >= 11 is 0. The molecule has 0 radical (unpaired) electrons. The summed E-state index contributed by atoms with van der Waals surface area (Å²) in [4.78, 5) is 0. The Hall–Kier alpha value is -3.08. The number of benzene rings is 1. The topological polar surface area (TPSA) is 78.5 Å². The molecular weight excluding hydrogens is 432 g/mol. The molecule has 35 heavy (non-hydrogen) atoms. The Morgan fingerprint density at radius 3 is 2.20 bits per heavy atom. The molecule has 1 aromatic carbocycles. The van der Waals surface area contributed by atoms with Gasteiger partial charge in [0.1, 0.15) is 5.76 Å². The summed E-state index contributed by atoms with van der Waals surface area (Å²) in [5.41, 5.74) is 9.60. The highest BCUT2D eigenvalue weighted by Gasteiger charge is 2.21. The van der Waals surface area contributed by atoms with Crippen molar-refractivity contribution in [2.75, 3.05) is 13.1 Å². The van der Waals surface area contributed by atoms with Crippen LogP contribution in [0.4, 0.5) is 0 Å². The zero-order valence-corrected chi connectivity index (χ0v) is 22.5. The molecular formula is C31H46N2O2. The lowest BCUT2D eigenvalue weighted by Crippen LogP contribution is -2.25. The fraction of sp³-hybridized carbons (Fsp3) is 0.355. The first-order chi connectivity index (χ1) is 16.5. The van der Waals surface area contributed by atoms with Crippen molar-refractivity contribution < 1.29 is 10.2 Å². The molecule has 1 rings (SSSR count). The molecule has 0 bridgehead atoms. The number of aliphatic hydroxyl groups is 2. The predicted molar refractivity (Wildman–Crippen MR) is 153 cm³/mol. The van der Waals surface area contributed by atoms with E-state index in [-0.39, 0.29) is 17.2 Å². The van der Waals surface area contributed by atoms with Gasteiger partial charge in [0.25, 0.3) is 0 Å². The summed E-state index contributed by atoms with van der Waals surface area (Å²) in [6, 6.07) is 10.5. The molecule has 1 atom stereocenters. The van der Waals surface area contributed by atoms with E-state index in [1.807, 2.05) is 50.3 Å². The number of nitrogens with one attached hydrogen (secondary N) is 1. The molecule has 0 heterocycles. The second-order valence-corrected chi connectivity index (χ2v) is 9.30. The average molecular weight is 479 g/mol. The van der Waals surface area contributed by atoms with Crippen molar-refractivity contribution in [2.45, 2.75) is 54.0 Å². The quantitative estimate of drug-likeness (QED) is 0.193. The summed E-state index contributed by atoms with van der Waals surface area (Å²) in [6.45, 7) is 20.9. The third-order valence-electron chi connectivity index (χ3n) is 5.35. The minimum absolute atomic E-state index is 0.0988. The molecule has 0 saturated heterocycles. The molecule has 0 saturated carbocycles. The zero-order valence-electron chi connectivity index (χ0n) is 22.5. The van der Waals surface area contributed by atoms with Gasteiger partial charge in [-0.15, -0.1) is 0 Å². The molecule has 0 aliphatic carbocycles. The van der Waals surface area contributed by atoms with Crippen molar-refractivity contribution in [1.82, 2.24) is 5.32 Å². The highest BCUT2D eigenvalue weighted by Crippen LogP contribution is 2.30. The molecule has 192 valence electrons. The van der Waals surface area contributed by atoms with Crippen LogP contribution < -0.4 is 11.1 Å². The van der Waals surface area contributed by atoms with Crippen molar-refractivity contribution >= 4 is 0 Å². The van der Waals surface area contributed by atoms with Gasteiger partial charge in [0.2, 0.25) is 0 Å².